The van der Waals surface area contributed by atoms with Gasteiger partial charge in [-0.15, -0.1) is 0 Å². The van der Waals surface area contributed by atoms with Crippen LogP contribution in [0.5, 0.6) is 0 Å². The number of nitrogens with two attached hydrogens (primary N) is 1. The molecule has 0 atom stereocenters. The molecule has 20 heavy (non-hydrogen) atoms. The zero-order valence-corrected chi connectivity index (χ0v) is 12.5. The summed E-state index contributed by atoms with van der Waals surface area (Å²) in [7, 11) is 1.36. The van der Waals surface area contributed by atoms with Crippen molar-refractivity contribution >= 4 is 29.1 Å². The standard InChI is InChI=1S/C14H21N3O2S/c1-19-14(18)11-3-2-4-12(13(11)15)16-5-6-17-7-9-20-10-8-17/h2-4,16H,5-10,15H2,1H3. The number of thioether (sulfide) groups is 1. The molecule has 1 saturated heterocycles. The van der Waals surface area contributed by atoms with E-state index in [-0.39, 0.29) is 0 Å². The van der Waals surface area contributed by atoms with Gasteiger partial charge in [0.15, 0.2) is 0 Å². The van der Waals surface area contributed by atoms with Crippen molar-refractivity contribution < 1.29 is 9.53 Å². The molecule has 5 nitrogen and oxygen atoms in total. The first-order valence-electron chi connectivity index (χ1n) is 6.73. The number of anilines is 2. The molecule has 0 unspecified atom stereocenters. The number of nitrogens with one attached hydrogen (secondary N) is 1. The van der Waals surface area contributed by atoms with Gasteiger partial charge in [0.25, 0.3) is 0 Å². The predicted octanol–water partition coefficient (Wildman–Crippen LogP) is 1.52. The van der Waals surface area contributed by atoms with E-state index in [1.165, 1.54) is 18.6 Å². The van der Waals surface area contributed by atoms with Crippen LogP contribution in [0.1, 0.15) is 10.4 Å². The molecule has 1 aliphatic rings. The van der Waals surface area contributed by atoms with E-state index < -0.39 is 5.97 Å². The third kappa shape index (κ3) is 3.80. The number of para-hydroxylation sites is 1. The van der Waals surface area contributed by atoms with Crippen molar-refractivity contribution in [3.8, 4) is 0 Å². The SMILES string of the molecule is COC(=O)c1cccc(NCCN2CCSCC2)c1N. The maximum Gasteiger partial charge on any atom is 0.340 e. The van der Waals surface area contributed by atoms with E-state index in [1.807, 2.05) is 23.9 Å². The number of ether oxygens (including phenoxy) is 1. The van der Waals surface area contributed by atoms with Crippen molar-refractivity contribution in [3.05, 3.63) is 23.8 Å². The normalized spacial score (nSPS) is 15.8. The Kier molecular flexibility index (Phi) is 5.55. The highest BCUT2D eigenvalue weighted by molar-refractivity contribution is 7.99. The van der Waals surface area contributed by atoms with Gasteiger partial charge in [0, 0.05) is 37.7 Å². The number of carbonyl (C=O) groups is 1. The Morgan fingerprint density at radius 1 is 1.45 bits per heavy atom. The van der Waals surface area contributed by atoms with Crippen molar-refractivity contribution in [3.63, 3.8) is 0 Å². The third-order valence-corrected chi connectivity index (χ3v) is 4.30. The molecule has 1 heterocycles. The minimum atomic E-state index is -0.404. The minimum Gasteiger partial charge on any atom is -0.465 e. The zero-order chi connectivity index (χ0) is 14.4. The fourth-order valence-electron chi connectivity index (χ4n) is 2.18. The predicted molar refractivity (Wildman–Crippen MR) is 84.4 cm³/mol. The number of esters is 1. The van der Waals surface area contributed by atoms with Gasteiger partial charge >= 0.3 is 5.97 Å². The van der Waals surface area contributed by atoms with Crippen LogP contribution in [0, 0.1) is 0 Å². The second-order valence-electron chi connectivity index (χ2n) is 4.64. The topological polar surface area (TPSA) is 67.6 Å². The summed E-state index contributed by atoms with van der Waals surface area (Å²) in [5, 5.41) is 3.30. The number of hydrogen-bond acceptors (Lipinski definition) is 6. The fourth-order valence-corrected chi connectivity index (χ4v) is 3.16. The van der Waals surface area contributed by atoms with Gasteiger partial charge in [0.1, 0.15) is 0 Å². The van der Waals surface area contributed by atoms with Crippen LogP contribution in [0.25, 0.3) is 0 Å². The van der Waals surface area contributed by atoms with Gasteiger partial charge in [-0.2, -0.15) is 11.8 Å². The van der Waals surface area contributed by atoms with Crippen LogP contribution in [0.4, 0.5) is 11.4 Å². The Bertz CT molecular complexity index is 462. The summed E-state index contributed by atoms with van der Waals surface area (Å²) in [6.45, 7) is 4.09. The van der Waals surface area contributed by atoms with E-state index in [1.54, 1.807) is 6.07 Å². The largest absolute Gasteiger partial charge is 0.465 e. The molecule has 0 aliphatic carbocycles. The highest BCUT2D eigenvalue weighted by Gasteiger charge is 2.13. The number of hydrogen-bond donors (Lipinski definition) is 2. The summed E-state index contributed by atoms with van der Waals surface area (Å²) < 4.78 is 4.71. The molecular formula is C14H21N3O2S. The molecule has 110 valence electrons. The van der Waals surface area contributed by atoms with Gasteiger partial charge in [-0.3, -0.25) is 4.90 Å². The molecule has 2 rings (SSSR count). The Morgan fingerprint density at radius 2 is 2.20 bits per heavy atom. The lowest BCUT2D eigenvalue weighted by Crippen LogP contribution is -2.36. The summed E-state index contributed by atoms with van der Waals surface area (Å²) in [4.78, 5) is 14.0. The van der Waals surface area contributed by atoms with Gasteiger partial charge < -0.3 is 15.8 Å². The monoisotopic (exact) mass is 295 g/mol. The fraction of sp³-hybridized carbons (Fsp3) is 0.500. The van der Waals surface area contributed by atoms with E-state index in [0.29, 0.717) is 11.3 Å². The first-order valence-corrected chi connectivity index (χ1v) is 7.88. The van der Waals surface area contributed by atoms with E-state index in [2.05, 4.69) is 10.2 Å². The first-order chi connectivity index (χ1) is 9.72. The number of carbonyl (C=O) groups excluding carboxylic acids is 1. The van der Waals surface area contributed by atoms with Crippen LogP contribution in [-0.4, -0.2) is 55.7 Å². The lowest BCUT2D eigenvalue weighted by atomic mass is 10.1. The van der Waals surface area contributed by atoms with E-state index in [9.17, 15) is 4.79 Å². The van der Waals surface area contributed by atoms with Gasteiger partial charge in [-0.25, -0.2) is 4.79 Å². The highest BCUT2D eigenvalue weighted by atomic mass is 32.2. The first kappa shape index (κ1) is 15.0. The van der Waals surface area contributed by atoms with Crippen LogP contribution < -0.4 is 11.1 Å². The van der Waals surface area contributed by atoms with Crippen LogP contribution in [0.15, 0.2) is 18.2 Å². The lowest BCUT2D eigenvalue weighted by Gasteiger charge is -2.26. The van der Waals surface area contributed by atoms with Crippen molar-refractivity contribution in [2.24, 2.45) is 0 Å². The molecule has 1 aliphatic heterocycles. The second-order valence-corrected chi connectivity index (χ2v) is 5.86. The zero-order valence-electron chi connectivity index (χ0n) is 11.7. The average Bonchev–Trinajstić information content (AvgIpc) is 2.49. The number of rotatable bonds is 5. The smallest absolute Gasteiger partial charge is 0.340 e. The summed E-state index contributed by atoms with van der Waals surface area (Å²) >= 11 is 2.01. The molecule has 0 saturated carbocycles. The minimum absolute atomic E-state index is 0.404. The van der Waals surface area contributed by atoms with Gasteiger partial charge in [0.05, 0.1) is 24.0 Å². The Morgan fingerprint density at radius 3 is 2.90 bits per heavy atom. The summed E-state index contributed by atoms with van der Waals surface area (Å²) in [6, 6.07) is 5.37. The highest BCUT2D eigenvalue weighted by Crippen LogP contribution is 2.23. The molecule has 6 heteroatoms. The molecule has 0 radical (unpaired) electrons. The summed E-state index contributed by atoms with van der Waals surface area (Å²) in [5.41, 5.74) is 7.65. The second kappa shape index (κ2) is 7.40. The number of nitrogens with zero attached hydrogens (tertiary/aromatic N) is 1. The summed E-state index contributed by atoms with van der Waals surface area (Å²) in [5.74, 6) is 2.01. The van der Waals surface area contributed by atoms with Crippen LogP contribution in [-0.2, 0) is 4.74 Å². The van der Waals surface area contributed by atoms with Gasteiger partial charge in [0.2, 0.25) is 0 Å². The molecule has 1 aromatic carbocycles. The Labute approximate surface area is 123 Å². The quantitative estimate of drug-likeness (QED) is 0.634. The van der Waals surface area contributed by atoms with Crippen molar-refractivity contribution in [2.75, 3.05) is 55.8 Å². The lowest BCUT2D eigenvalue weighted by molar-refractivity contribution is 0.0602. The van der Waals surface area contributed by atoms with Gasteiger partial charge in [-0.1, -0.05) is 6.07 Å². The third-order valence-electron chi connectivity index (χ3n) is 3.36. The molecule has 0 amide bonds. The maximum atomic E-state index is 11.6. The van der Waals surface area contributed by atoms with Gasteiger partial charge in [-0.05, 0) is 12.1 Å². The molecule has 1 aromatic rings. The van der Waals surface area contributed by atoms with E-state index >= 15 is 0 Å². The number of benzene rings is 1. The molecule has 1 fully saturated rings. The number of methoxy groups -OCH3 is 1. The van der Waals surface area contributed by atoms with Crippen LogP contribution >= 0.6 is 11.8 Å². The maximum absolute atomic E-state index is 11.6. The Balaban J connectivity index is 1.90. The molecule has 0 spiro atoms. The molecule has 0 aromatic heterocycles. The molecular weight excluding hydrogens is 274 g/mol. The molecule has 3 N–H and O–H groups in total. The van der Waals surface area contributed by atoms with Crippen LogP contribution in [0.2, 0.25) is 0 Å². The average molecular weight is 295 g/mol. The van der Waals surface area contributed by atoms with Crippen molar-refractivity contribution in [1.29, 1.82) is 0 Å². The Hall–Kier alpha value is -1.40. The van der Waals surface area contributed by atoms with E-state index in [0.717, 1.165) is 31.9 Å². The van der Waals surface area contributed by atoms with E-state index in [4.69, 9.17) is 10.5 Å². The summed E-state index contributed by atoms with van der Waals surface area (Å²) in [6.07, 6.45) is 0. The molecule has 0 bridgehead atoms. The number of nitrogen functional groups attached to an aromatic ring is 1. The van der Waals surface area contributed by atoms with Crippen molar-refractivity contribution in [1.82, 2.24) is 4.90 Å². The van der Waals surface area contributed by atoms with Crippen molar-refractivity contribution in [2.45, 2.75) is 0 Å². The van der Waals surface area contributed by atoms with Crippen LogP contribution in [0.3, 0.4) is 0 Å².